The van der Waals surface area contributed by atoms with Crippen molar-refractivity contribution in [2.24, 2.45) is 0 Å². The first kappa shape index (κ1) is 17.7. The van der Waals surface area contributed by atoms with Gasteiger partial charge >= 0.3 is 0 Å². The van der Waals surface area contributed by atoms with Gasteiger partial charge in [0.1, 0.15) is 5.75 Å². The Kier molecular flexibility index (Phi) is 5.37. The Hall–Kier alpha value is -3.08. The lowest BCUT2D eigenvalue weighted by Crippen LogP contribution is -2.15. The molecule has 0 aliphatic carbocycles. The Morgan fingerprint density at radius 3 is 2.38 bits per heavy atom. The molecule has 0 aliphatic heterocycles. The van der Waals surface area contributed by atoms with Crippen molar-refractivity contribution in [3.8, 4) is 11.4 Å². The van der Waals surface area contributed by atoms with Crippen LogP contribution in [0.5, 0.6) is 5.75 Å². The molecule has 0 saturated heterocycles. The van der Waals surface area contributed by atoms with E-state index >= 15 is 0 Å². The van der Waals surface area contributed by atoms with Crippen LogP contribution in [0, 0.1) is 0 Å². The molecular weight excluding hydrogens is 326 g/mol. The first-order chi connectivity index (χ1) is 12.5. The predicted octanol–water partition coefficient (Wildman–Crippen LogP) is 4.19. The normalized spacial score (nSPS) is 10.8. The van der Waals surface area contributed by atoms with Gasteiger partial charge in [0.2, 0.25) is 5.91 Å². The van der Waals surface area contributed by atoms with Crippen LogP contribution in [0.3, 0.4) is 0 Å². The van der Waals surface area contributed by atoms with E-state index < -0.39 is 0 Å². The summed E-state index contributed by atoms with van der Waals surface area (Å²) in [5.74, 6) is 1.71. The van der Waals surface area contributed by atoms with Gasteiger partial charge in [0.15, 0.2) is 5.82 Å². The molecule has 0 spiro atoms. The third-order valence-corrected chi connectivity index (χ3v) is 4.20. The molecule has 5 nitrogen and oxygen atoms in total. The molecule has 1 heterocycles. The highest BCUT2D eigenvalue weighted by atomic mass is 16.5. The van der Waals surface area contributed by atoms with Gasteiger partial charge in [-0.2, -0.15) is 5.10 Å². The Labute approximate surface area is 153 Å². The summed E-state index contributed by atoms with van der Waals surface area (Å²) in [5.41, 5.74) is 3.17. The van der Waals surface area contributed by atoms with E-state index in [9.17, 15) is 4.79 Å². The van der Waals surface area contributed by atoms with Gasteiger partial charge in [0, 0.05) is 12.3 Å². The van der Waals surface area contributed by atoms with Crippen LogP contribution in [0.15, 0.2) is 60.8 Å². The third kappa shape index (κ3) is 4.30. The molecule has 0 atom stereocenters. The first-order valence-corrected chi connectivity index (χ1v) is 8.64. The van der Waals surface area contributed by atoms with E-state index in [4.69, 9.17) is 4.74 Å². The van der Waals surface area contributed by atoms with E-state index in [0.29, 0.717) is 18.2 Å². The molecular formula is C21H23N3O2. The quantitative estimate of drug-likeness (QED) is 0.726. The van der Waals surface area contributed by atoms with E-state index in [1.807, 2.05) is 42.6 Å². The van der Waals surface area contributed by atoms with Gasteiger partial charge in [-0.3, -0.25) is 4.79 Å². The number of rotatable bonds is 6. The number of carbonyl (C=O) groups is 1. The number of nitrogens with one attached hydrogen (secondary N) is 1. The number of methoxy groups -OCH3 is 1. The molecule has 0 radical (unpaired) electrons. The molecule has 26 heavy (non-hydrogen) atoms. The predicted molar refractivity (Wildman–Crippen MR) is 103 cm³/mol. The van der Waals surface area contributed by atoms with E-state index in [0.717, 1.165) is 17.0 Å². The summed E-state index contributed by atoms with van der Waals surface area (Å²) in [6, 6.07) is 17.5. The molecule has 1 amide bonds. The van der Waals surface area contributed by atoms with Crippen molar-refractivity contribution in [2.45, 2.75) is 26.2 Å². The molecule has 0 saturated carbocycles. The topological polar surface area (TPSA) is 56.1 Å². The summed E-state index contributed by atoms with van der Waals surface area (Å²) in [4.78, 5) is 12.2. The van der Waals surface area contributed by atoms with Gasteiger partial charge in [-0.25, -0.2) is 4.68 Å². The number of aromatic nitrogens is 2. The van der Waals surface area contributed by atoms with Gasteiger partial charge < -0.3 is 10.1 Å². The van der Waals surface area contributed by atoms with Gasteiger partial charge in [-0.05, 0) is 41.3 Å². The highest BCUT2D eigenvalue weighted by Crippen LogP contribution is 2.17. The Bertz CT molecular complexity index is 865. The number of hydrogen-bond acceptors (Lipinski definition) is 3. The molecule has 0 fully saturated rings. The standard InChI is InChI=1S/C21H23N3O2/c1-15(2)17-6-8-18(9-7-17)24-13-12-20(23-24)22-21(25)14-16-4-10-19(26-3)11-5-16/h4-13,15H,14H2,1-3H3,(H,22,23,25). The van der Waals surface area contributed by atoms with Crippen LogP contribution in [-0.4, -0.2) is 22.8 Å². The molecule has 3 rings (SSSR count). The minimum Gasteiger partial charge on any atom is -0.497 e. The minimum atomic E-state index is -0.101. The zero-order chi connectivity index (χ0) is 18.5. The van der Waals surface area contributed by atoms with Gasteiger partial charge in [0.05, 0.1) is 19.2 Å². The minimum absolute atomic E-state index is 0.101. The van der Waals surface area contributed by atoms with Gasteiger partial charge in [-0.15, -0.1) is 0 Å². The fraction of sp³-hybridized carbons (Fsp3) is 0.238. The molecule has 0 unspecified atom stereocenters. The van der Waals surface area contributed by atoms with Crippen molar-refractivity contribution in [2.75, 3.05) is 12.4 Å². The zero-order valence-electron chi connectivity index (χ0n) is 15.3. The summed E-state index contributed by atoms with van der Waals surface area (Å²) >= 11 is 0. The van der Waals surface area contributed by atoms with Gasteiger partial charge in [0.25, 0.3) is 0 Å². The maximum absolute atomic E-state index is 12.2. The number of carbonyl (C=O) groups excluding carboxylic acids is 1. The van der Waals surface area contributed by atoms with Crippen LogP contribution in [0.2, 0.25) is 0 Å². The van der Waals surface area contributed by atoms with Crippen LogP contribution in [0.25, 0.3) is 5.69 Å². The lowest BCUT2D eigenvalue weighted by atomic mass is 10.0. The maximum atomic E-state index is 12.2. The second-order valence-electron chi connectivity index (χ2n) is 6.46. The van der Waals surface area contributed by atoms with E-state index in [1.54, 1.807) is 17.9 Å². The van der Waals surface area contributed by atoms with Crippen LogP contribution in [-0.2, 0) is 11.2 Å². The monoisotopic (exact) mass is 349 g/mol. The van der Waals surface area contributed by atoms with Crippen LogP contribution in [0.1, 0.15) is 30.9 Å². The number of nitrogens with zero attached hydrogens (tertiary/aromatic N) is 2. The highest BCUT2D eigenvalue weighted by Gasteiger charge is 2.08. The molecule has 2 aromatic carbocycles. The van der Waals surface area contributed by atoms with Crippen LogP contribution in [0.4, 0.5) is 5.82 Å². The van der Waals surface area contributed by atoms with Crippen molar-refractivity contribution in [1.29, 1.82) is 0 Å². The van der Waals surface area contributed by atoms with Crippen molar-refractivity contribution >= 4 is 11.7 Å². The Morgan fingerprint density at radius 1 is 1.08 bits per heavy atom. The second kappa shape index (κ2) is 7.87. The smallest absolute Gasteiger partial charge is 0.229 e. The second-order valence-corrected chi connectivity index (χ2v) is 6.46. The van der Waals surface area contributed by atoms with Crippen molar-refractivity contribution in [3.63, 3.8) is 0 Å². The largest absolute Gasteiger partial charge is 0.497 e. The van der Waals surface area contributed by atoms with Crippen molar-refractivity contribution in [3.05, 3.63) is 71.9 Å². The molecule has 0 aliphatic rings. The SMILES string of the molecule is COc1ccc(CC(=O)Nc2ccn(-c3ccc(C(C)C)cc3)n2)cc1. The summed E-state index contributed by atoms with van der Waals surface area (Å²) in [6.45, 7) is 4.33. The van der Waals surface area contributed by atoms with Crippen LogP contribution < -0.4 is 10.1 Å². The van der Waals surface area contributed by atoms with Crippen LogP contribution >= 0.6 is 0 Å². The molecule has 0 bridgehead atoms. The average Bonchev–Trinajstić information content (AvgIpc) is 3.10. The number of benzene rings is 2. The Balaban J connectivity index is 1.62. The zero-order valence-corrected chi connectivity index (χ0v) is 15.3. The van der Waals surface area contributed by atoms with E-state index in [1.165, 1.54) is 5.56 Å². The molecule has 3 aromatic rings. The molecule has 134 valence electrons. The Morgan fingerprint density at radius 2 is 1.77 bits per heavy atom. The summed E-state index contributed by atoms with van der Waals surface area (Å²) < 4.78 is 6.88. The van der Waals surface area contributed by atoms with E-state index in [2.05, 4.69) is 36.4 Å². The van der Waals surface area contributed by atoms with Crippen molar-refractivity contribution in [1.82, 2.24) is 9.78 Å². The van der Waals surface area contributed by atoms with Gasteiger partial charge in [-0.1, -0.05) is 38.1 Å². The fourth-order valence-corrected chi connectivity index (χ4v) is 2.66. The lowest BCUT2D eigenvalue weighted by Gasteiger charge is -2.07. The number of anilines is 1. The third-order valence-electron chi connectivity index (χ3n) is 4.20. The molecule has 5 heteroatoms. The number of amides is 1. The molecule has 1 N–H and O–H groups in total. The maximum Gasteiger partial charge on any atom is 0.229 e. The summed E-state index contributed by atoms with van der Waals surface area (Å²) in [7, 11) is 1.62. The summed E-state index contributed by atoms with van der Waals surface area (Å²) in [5, 5.41) is 7.27. The number of hydrogen-bond donors (Lipinski definition) is 1. The lowest BCUT2D eigenvalue weighted by molar-refractivity contribution is -0.115. The van der Waals surface area contributed by atoms with Crippen molar-refractivity contribution < 1.29 is 9.53 Å². The highest BCUT2D eigenvalue weighted by molar-refractivity contribution is 5.91. The van der Waals surface area contributed by atoms with E-state index in [-0.39, 0.29) is 5.91 Å². The number of ether oxygens (including phenoxy) is 1. The molecule has 1 aromatic heterocycles. The summed E-state index contributed by atoms with van der Waals surface area (Å²) in [6.07, 6.45) is 2.13. The fourth-order valence-electron chi connectivity index (χ4n) is 2.66. The average molecular weight is 349 g/mol. The first-order valence-electron chi connectivity index (χ1n) is 8.64.